The van der Waals surface area contributed by atoms with Crippen molar-refractivity contribution in [3.8, 4) is 0 Å². The molecule has 0 atom stereocenters. The molecule has 0 spiro atoms. The molecule has 6 heteroatoms. The van der Waals surface area contributed by atoms with Gasteiger partial charge in [0.25, 0.3) is 0 Å². The Morgan fingerprint density at radius 2 is 1.71 bits per heavy atom. The summed E-state index contributed by atoms with van der Waals surface area (Å²) < 4.78 is 0. The standard InChI is InChI=1S/C5H9NO3.C3H7NO/c6-4(7)2-1-3-5(8)9;1-3(5)4-2/h1-3H2,(H2,6,7)(H,8,9);1-2H3,(H,4,5). The van der Waals surface area contributed by atoms with Crippen LogP contribution in [0.5, 0.6) is 0 Å². The van der Waals surface area contributed by atoms with Gasteiger partial charge in [-0.15, -0.1) is 0 Å². The molecule has 0 bridgehead atoms. The summed E-state index contributed by atoms with van der Waals surface area (Å²) in [4.78, 5) is 29.5. The number of hydrogen-bond donors (Lipinski definition) is 3. The van der Waals surface area contributed by atoms with Gasteiger partial charge in [-0.1, -0.05) is 0 Å². The number of carbonyl (C=O) groups excluding carboxylic acids is 2. The van der Waals surface area contributed by atoms with E-state index in [9.17, 15) is 14.4 Å². The molecular weight excluding hydrogens is 188 g/mol. The van der Waals surface area contributed by atoms with Crippen LogP contribution in [0.3, 0.4) is 0 Å². The quantitative estimate of drug-likeness (QED) is 0.572. The van der Waals surface area contributed by atoms with Crippen LogP contribution in [0, 0.1) is 0 Å². The Morgan fingerprint density at radius 1 is 1.29 bits per heavy atom. The third-order valence-electron chi connectivity index (χ3n) is 1.17. The lowest BCUT2D eigenvalue weighted by atomic mass is 10.2. The summed E-state index contributed by atoms with van der Waals surface area (Å²) in [6.07, 6.45) is 0.514. The maximum absolute atomic E-state index is 10.0. The summed E-state index contributed by atoms with van der Waals surface area (Å²) in [5, 5.41) is 10.5. The minimum atomic E-state index is -0.892. The van der Waals surface area contributed by atoms with Crippen LogP contribution in [-0.2, 0) is 14.4 Å². The van der Waals surface area contributed by atoms with Gasteiger partial charge in [-0.25, -0.2) is 0 Å². The Balaban J connectivity index is 0. The number of carboxylic acid groups (broad SMARTS) is 1. The van der Waals surface area contributed by atoms with Gasteiger partial charge in [0.05, 0.1) is 0 Å². The maximum atomic E-state index is 10.0. The Hall–Kier alpha value is -1.59. The average molecular weight is 204 g/mol. The zero-order valence-electron chi connectivity index (χ0n) is 8.37. The topological polar surface area (TPSA) is 109 Å². The van der Waals surface area contributed by atoms with E-state index in [4.69, 9.17) is 10.8 Å². The molecule has 0 heterocycles. The van der Waals surface area contributed by atoms with Gasteiger partial charge in [0.15, 0.2) is 0 Å². The van der Waals surface area contributed by atoms with Gasteiger partial charge >= 0.3 is 5.97 Å². The molecule has 2 amide bonds. The highest BCUT2D eigenvalue weighted by atomic mass is 16.4. The molecule has 4 N–H and O–H groups in total. The van der Waals surface area contributed by atoms with E-state index in [0.29, 0.717) is 6.42 Å². The van der Waals surface area contributed by atoms with Crippen molar-refractivity contribution in [3.05, 3.63) is 0 Å². The van der Waals surface area contributed by atoms with Crippen LogP contribution in [0.15, 0.2) is 0 Å². The van der Waals surface area contributed by atoms with Crippen LogP contribution in [-0.4, -0.2) is 29.9 Å². The fourth-order valence-electron chi connectivity index (χ4n) is 0.414. The SMILES string of the molecule is CNC(C)=O.NC(=O)CCCC(=O)O. The van der Waals surface area contributed by atoms with Gasteiger partial charge in [0.2, 0.25) is 11.8 Å². The van der Waals surface area contributed by atoms with Crippen molar-refractivity contribution in [2.45, 2.75) is 26.2 Å². The van der Waals surface area contributed by atoms with E-state index >= 15 is 0 Å². The zero-order chi connectivity index (χ0) is 11.6. The Kier molecular flexibility index (Phi) is 10.1. The minimum Gasteiger partial charge on any atom is -0.481 e. The molecule has 82 valence electrons. The molecule has 0 fully saturated rings. The summed E-state index contributed by atoms with van der Waals surface area (Å²) in [5.41, 5.74) is 4.75. The van der Waals surface area contributed by atoms with E-state index < -0.39 is 11.9 Å². The van der Waals surface area contributed by atoms with Crippen LogP contribution < -0.4 is 11.1 Å². The van der Waals surface area contributed by atoms with Gasteiger partial charge in [-0.05, 0) is 6.42 Å². The number of hydrogen-bond acceptors (Lipinski definition) is 3. The molecule has 0 saturated carbocycles. The summed E-state index contributed by atoms with van der Waals surface area (Å²) >= 11 is 0. The van der Waals surface area contributed by atoms with E-state index in [0.717, 1.165) is 0 Å². The summed E-state index contributed by atoms with van der Waals surface area (Å²) in [6, 6.07) is 0. The lowest BCUT2D eigenvalue weighted by Crippen LogP contribution is -2.11. The van der Waals surface area contributed by atoms with Crippen molar-refractivity contribution in [1.29, 1.82) is 0 Å². The molecule has 14 heavy (non-hydrogen) atoms. The molecule has 0 aliphatic heterocycles. The monoisotopic (exact) mass is 204 g/mol. The Morgan fingerprint density at radius 3 is 1.93 bits per heavy atom. The van der Waals surface area contributed by atoms with Gasteiger partial charge in [0, 0.05) is 26.8 Å². The van der Waals surface area contributed by atoms with Gasteiger partial charge in [-0.3, -0.25) is 14.4 Å². The molecule has 0 saturated heterocycles. The summed E-state index contributed by atoms with van der Waals surface area (Å²) in [6.45, 7) is 1.47. The van der Waals surface area contributed by atoms with E-state index in [1.54, 1.807) is 7.05 Å². The summed E-state index contributed by atoms with van der Waals surface area (Å²) in [7, 11) is 1.60. The molecule has 0 rings (SSSR count). The number of carboxylic acids is 1. The summed E-state index contributed by atoms with van der Waals surface area (Å²) in [5.74, 6) is -1.34. The van der Waals surface area contributed by atoms with Crippen LogP contribution in [0.4, 0.5) is 0 Å². The smallest absolute Gasteiger partial charge is 0.303 e. The third kappa shape index (κ3) is 22.4. The number of rotatable bonds is 4. The predicted molar refractivity (Wildman–Crippen MR) is 50.4 cm³/mol. The highest BCUT2D eigenvalue weighted by Crippen LogP contribution is 1.92. The molecule has 0 unspecified atom stereocenters. The van der Waals surface area contributed by atoms with Gasteiger partial charge in [-0.2, -0.15) is 0 Å². The van der Waals surface area contributed by atoms with Crippen molar-refractivity contribution < 1.29 is 19.5 Å². The van der Waals surface area contributed by atoms with Gasteiger partial charge < -0.3 is 16.2 Å². The minimum absolute atomic E-state index is 0.00463. The first kappa shape index (κ1) is 14.9. The molecule has 0 radical (unpaired) electrons. The van der Waals surface area contributed by atoms with E-state index in [-0.39, 0.29) is 18.7 Å². The fraction of sp³-hybridized carbons (Fsp3) is 0.625. The average Bonchev–Trinajstić information content (AvgIpc) is 2.04. The fourth-order valence-corrected chi connectivity index (χ4v) is 0.414. The number of carbonyl (C=O) groups is 3. The second-order valence-corrected chi connectivity index (χ2v) is 2.52. The van der Waals surface area contributed by atoms with Crippen molar-refractivity contribution in [2.24, 2.45) is 5.73 Å². The number of nitrogens with two attached hydrogens (primary N) is 1. The number of aliphatic carboxylic acids is 1. The second-order valence-electron chi connectivity index (χ2n) is 2.52. The third-order valence-corrected chi connectivity index (χ3v) is 1.17. The first-order valence-electron chi connectivity index (χ1n) is 4.08. The van der Waals surface area contributed by atoms with Crippen LogP contribution in [0.1, 0.15) is 26.2 Å². The molecule has 0 aliphatic carbocycles. The molecule has 0 aliphatic rings. The Labute approximate surface area is 82.5 Å². The largest absolute Gasteiger partial charge is 0.481 e. The molecule has 0 aromatic heterocycles. The number of nitrogens with one attached hydrogen (secondary N) is 1. The first-order chi connectivity index (χ1) is 6.40. The maximum Gasteiger partial charge on any atom is 0.303 e. The van der Waals surface area contributed by atoms with Crippen molar-refractivity contribution in [3.63, 3.8) is 0 Å². The lowest BCUT2D eigenvalue weighted by Gasteiger charge is -1.89. The van der Waals surface area contributed by atoms with Gasteiger partial charge in [0.1, 0.15) is 0 Å². The van der Waals surface area contributed by atoms with Crippen molar-refractivity contribution in [1.82, 2.24) is 5.32 Å². The molecular formula is C8H16N2O4. The molecule has 0 aromatic carbocycles. The van der Waals surface area contributed by atoms with Crippen LogP contribution in [0.2, 0.25) is 0 Å². The molecule has 6 nitrogen and oxygen atoms in total. The van der Waals surface area contributed by atoms with E-state index in [1.807, 2.05) is 0 Å². The lowest BCUT2D eigenvalue weighted by molar-refractivity contribution is -0.137. The zero-order valence-corrected chi connectivity index (χ0v) is 8.37. The molecule has 0 aromatic rings. The number of primary amides is 1. The van der Waals surface area contributed by atoms with Crippen molar-refractivity contribution in [2.75, 3.05) is 7.05 Å². The van der Waals surface area contributed by atoms with Crippen LogP contribution in [0.25, 0.3) is 0 Å². The second kappa shape index (κ2) is 9.50. The highest BCUT2D eigenvalue weighted by molar-refractivity contribution is 5.74. The Bertz CT molecular complexity index is 190. The first-order valence-corrected chi connectivity index (χ1v) is 4.08. The normalized spacial score (nSPS) is 8.14. The highest BCUT2D eigenvalue weighted by Gasteiger charge is 1.98. The predicted octanol–water partition coefficient (Wildman–Crippen LogP) is -0.521. The van der Waals surface area contributed by atoms with E-state index in [2.05, 4.69) is 5.32 Å². The van der Waals surface area contributed by atoms with E-state index in [1.165, 1.54) is 6.92 Å². The van der Waals surface area contributed by atoms with Crippen LogP contribution >= 0.6 is 0 Å². The number of amides is 2. The van der Waals surface area contributed by atoms with Crippen molar-refractivity contribution >= 4 is 17.8 Å².